The summed E-state index contributed by atoms with van der Waals surface area (Å²) in [5.41, 5.74) is 1.90. The van der Waals surface area contributed by atoms with E-state index in [4.69, 9.17) is 0 Å². The summed E-state index contributed by atoms with van der Waals surface area (Å²) in [4.78, 5) is 16.7. The van der Waals surface area contributed by atoms with Gasteiger partial charge in [0.25, 0.3) is 0 Å². The van der Waals surface area contributed by atoms with Gasteiger partial charge in [-0.15, -0.1) is 0 Å². The molecule has 0 saturated heterocycles. The molecule has 7 nitrogen and oxygen atoms in total. The summed E-state index contributed by atoms with van der Waals surface area (Å²) >= 11 is 3.32. The minimum absolute atomic E-state index is 0.112. The van der Waals surface area contributed by atoms with Crippen molar-refractivity contribution in [2.24, 2.45) is 0 Å². The summed E-state index contributed by atoms with van der Waals surface area (Å²) in [5, 5.41) is 2.82. The molecular formula is C22H25BrN4O3S. The number of aromatic nitrogens is 2. The maximum absolute atomic E-state index is 13.3. The standard InChI is InChI=1S/C22H25BrN4O3S/c1-18-3-5-19(6-4-18)15-27(31(29,30)21-9-7-20(23)8-10-21)16-22(28)25-11-2-13-26-14-12-24-17-26/h3-10,12,14,17H,2,11,13,15-16H2,1H3,(H,25,28). The largest absolute Gasteiger partial charge is 0.355 e. The molecule has 1 heterocycles. The van der Waals surface area contributed by atoms with Crippen molar-refractivity contribution in [2.45, 2.75) is 31.3 Å². The predicted octanol–water partition coefficient (Wildman–Crippen LogP) is 3.35. The van der Waals surface area contributed by atoms with Crippen LogP contribution in [0.3, 0.4) is 0 Å². The Bertz CT molecular complexity index is 1080. The van der Waals surface area contributed by atoms with Crippen molar-refractivity contribution in [3.8, 4) is 0 Å². The summed E-state index contributed by atoms with van der Waals surface area (Å²) in [7, 11) is -3.85. The van der Waals surface area contributed by atoms with Crippen LogP contribution in [0.2, 0.25) is 0 Å². The van der Waals surface area contributed by atoms with E-state index in [1.54, 1.807) is 24.7 Å². The Morgan fingerprint density at radius 2 is 1.84 bits per heavy atom. The Morgan fingerprint density at radius 3 is 2.48 bits per heavy atom. The smallest absolute Gasteiger partial charge is 0.243 e. The van der Waals surface area contributed by atoms with Crippen molar-refractivity contribution < 1.29 is 13.2 Å². The molecule has 2 aromatic carbocycles. The minimum atomic E-state index is -3.85. The molecule has 0 aliphatic rings. The van der Waals surface area contributed by atoms with Crippen LogP contribution >= 0.6 is 15.9 Å². The van der Waals surface area contributed by atoms with E-state index in [1.807, 2.05) is 42.0 Å². The lowest BCUT2D eigenvalue weighted by Gasteiger charge is -2.22. The van der Waals surface area contributed by atoms with Crippen LogP contribution < -0.4 is 5.32 Å². The van der Waals surface area contributed by atoms with Crippen molar-refractivity contribution in [3.63, 3.8) is 0 Å². The Kier molecular flexibility index (Phi) is 8.00. The highest BCUT2D eigenvalue weighted by atomic mass is 79.9. The second kappa shape index (κ2) is 10.7. The fraction of sp³-hybridized carbons (Fsp3) is 0.273. The lowest BCUT2D eigenvalue weighted by atomic mass is 10.1. The van der Waals surface area contributed by atoms with Crippen LogP contribution in [0.1, 0.15) is 17.5 Å². The molecule has 164 valence electrons. The van der Waals surface area contributed by atoms with Gasteiger partial charge in [0.2, 0.25) is 15.9 Å². The summed E-state index contributed by atoms with van der Waals surface area (Å²) in [6, 6.07) is 14.0. The number of nitrogens with zero attached hydrogens (tertiary/aromatic N) is 3. The normalized spacial score (nSPS) is 11.6. The molecule has 0 atom stereocenters. The highest BCUT2D eigenvalue weighted by Gasteiger charge is 2.26. The Balaban J connectivity index is 1.69. The number of sulfonamides is 1. The maximum Gasteiger partial charge on any atom is 0.243 e. The summed E-state index contributed by atoms with van der Waals surface area (Å²) in [5.74, 6) is -0.335. The van der Waals surface area contributed by atoms with Crippen LogP contribution in [0.25, 0.3) is 0 Å². The van der Waals surface area contributed by atoms with E-state index in [0.29, 0.717) is 6.54 Å². The molecule has 1 aromatic heterocycles. The van der Waals surface area contributed by atoms with Gasteiger partial charge < -0.3 is 9.88 Å². The van der Waals surface area contributed by atoms with Crippen molar-refractivity contribution in [1.82, 2.24) is 19.2 Å². The second-order valence-corrected chi connectivity index (χ2v) is 10.1. The monoisotopic (exact) mass is 504 g/mol. The molecule has 0 aliphatic carbocycles. The van der Waals surface area contributed by atoms with Crippen molar-refractivity contribution >= 4 is 31.9 Å². The first-order valence-electron chi connectivity index (χ1n) is 9.88. The summed E-state index contributed by atoms with van der Waals surface area (Å²) < 4.78 is 30.4. The first-order valence-corrected chi connectivity index (χ1v) is 12.1. The highest BCUT2D eigenvalue weighted by Crippen LogP contribution is 2.21. The number of aryl methyl sites for hydroxylation is 2. The van der Waals surface area contributed by atoms with E-state index in [9.17, 15) is 13.2 Å². The number of rotatable bonds is 10. The van der Waals surface area contributed by atoms with Crippen LogP contribution in [-0.4, -0.2) is 41.3 Å². The summed E-state index contributed by atoms with van der Waals surface area (Å²) in [6.07, 6.45) is 6.00. The van der Waals surface area contributed by atoms with Gasteiger partial charge in [-0.05, 0) is 43.2 Å². The van der Waals surface area contributed by atoms with Gasteiger partial charge in [0, 0.05) is 36.5 Å². The molecule has 3 aromatic rings. The molecular weight excluding hydrogens is 480 g/mol. The summed E-state index contributed by atoms with van der Waals surface area (Å²) in [6.45, 7) is 3.01. The molecule has 0 spiro atoms. The molecule has 1 N–H and O–H groups in total. The lowest BCUT2D eigenvalue weighted by Crippen LogP contribution is -2.40. The lowest BCUT2D eigenvalue weighted by molar-refractivity contribution is -0.121. The number of amides is 1. The first-order chi connectivity index (χ1) is 14.8. The molecule has 0 fully saturated rings. The van der Waals surface area contributed by atoms with Crippen LogP contribution in [0.4, 0.5) is 0 Å². The van der Waals surface area contributed by atoms with Crippen LogP contribution in [0.5, 0.6) is 0 Å². The zero-order valence-corrected chi connectivity index (χ0v) is 19.6. The molecule has 0 aliphatic heterocycles. The number of nitrogens with one attached hydrogen (secondary N) is 1. The predicted molar refractivity (Wildman–Crippen MR) is 123 cm³/mol. The number of benzene rings is 2. The van der Waals surface area contributed by atoms with Gasteiger partial charge in [-0.1, -0.05) is 45.8 Å². The topological polar surface area (TPSA) is 84.3 Å². The molecule has 31 heavy (non-hydrogen) atoms. The third-order valence-electron chi connectivity index (χ3n) is 4.73. The van der Waals surface area contributed by atoms with Crippen LogP contribution in [0, 0.1) is 6.92 Å². The first kappa shape index (κ1) is 23.2. The third kappa shape index (κ3) is 6.75. The molecule has 9 heteroatoms. The zero-order chi connectivity index (χ0) is 22.3. The Hall–Kier alpha value is -2.49. The Morgan fingerprint density at radius 1 is 1.13 bits per heavy atom. The number of imidazole rings is 1. The third-order valence-corrected chi connectivity index (χ3v) is 7.06. The fourth-order valence-electron chi connectivity index (χ4n) is 3.00. The number of carbonyl (C=O) groups is 1. The molecule has 3 rings (SSSR count). The van der Waals surface area contributed by atoms with E-state index < -0.39 is 10.0 Å². The van der Waals surface area contributed by atoms with Crippen molar-refractivity contribution in [3.05, 3.63) is 82.9 Å². The van der Waals surface area contributed by atoms with E-state index in [2.05, 4.69) is 26.2 Å². The van der Waals surface area contributed by atoms with Gasteiger partial charge in [-0.3, -0.25) is 4.79 Å². The quantitative estimate of drug-likeness (QED) is 0.429. The highest BCUT2D eigenvalue weighted by molar-refractivity contribution is 9.10. The average Bonchev–Trinajstić information content (AvgIpc) is 3.26. The number of hydrogen-bond donors (Lipinski definition) is 1. The molecule has 0 unspecified atom stereocenters. The van der Waals surface area contributed by atoms with Gasteiger partial charge in [0.1, 0.15) is 0 Å². The SMILES string of the molecule is Cc1ccc(CN(CC(=O)NCCCn2ccnc2)S(=O)(=O)c2ccc(Br)cc2)cc1. The van der Waals surface area contributed by atoms with E-state index in [1.165, 1.54) is 16.4 Å². The van der Waals surface area contributed by atoms with E-state index >= 15 is 0 Å². The second-order valence-electron chi connectivity index (χ2n) is 7.22. The molecule has 0 bridgehead atoms. The fourth-order valence-corrected chi connectivity index (χ4v) is 4.65. The minimum Gasteiger partial charge on any atom is -0.355 e. The zero-order valence-electron chi connectivity index (χ0n) is 17.2. The van der Waals surface area contributed by atoms with Crippen LogP contribution in [-0.2, 0) is 27.9 Å². The van der Waals surface area contributed by atoms with Gasteiger partial charge in [-0.2, -0.15) is 4.31 Å². The van der Waals surface area contributed by atoms with Gasteiger partial charge in [0.15, 0.2) is 0 Å². The van der Waals surface area contributed by atoms with Gasteiger partial charge in [0.05, 0.1) is 17.8 Å². The average molecular weight is 505 g/mol. The number of hydrogen-bond acceptors (Lipinski definition) is 4. The van der Waals surface area contributed by atoms with Crippen molar-refractivity contribution in [1.29, 1.82) is 0 Å². The van der Waals surface area contributed by atoms with Gasteiger partial charge >= 0.3 is 0 Å². The van der Waals surface area contributed by atoms with Crippen LogP contribution in [0.15, 0.2) is 76.6 Å². The molecule has 1 amide bonds. The van der Waals surface area contributed by atoms with E-state index in [0.717, 1.165) is 28.6 Å². The molecule has 0 saturated carbocycles. The number of halogens is 1. The number of carbonyl (C=O) groups excluding carboxylic acids is 1. The Labute approximate surface area is 191 Å². The molecule has 0 radical (unpaired) electrons. The van der Waals surface area contributed by atoms with Crippen molar-refractivity contribution in [2.75, 3.05) is 13.1 Å². The van der Waals surface area contributed by atoms with Gasteiger partial charge in [-0.25, -0.2) is 13.4 Å². The van der Waals surface area contributed by atoms with E-state index in [-0.39, 0.29) is 23.9 Å². The maximum atomic E-state index is 13.3.